The van der Waals surface area contributed by atoms with Crippen LogP contribution < -0.4 is 0 Å². The maximum absolute atomic E-state index is 12.6. The van der Waals surface area contributed by atoms with Crippen molar-refractivity contribution in [1.29, 1.82) is 0 Å². The molecule has 6 heteroatoms. The van der Waals surface area contributed by atoms with Gasteiger partial charge in [-0.15, -0.1) is 0 Å². The van der Waals surface area contributed by atoms with Gasteiger partial charge in [0.15, 0.2) is 5.69 Å². The number of aliphatic hydroxyl groups is 1. The molecule has 1 aliphatic heterocycles. The van der Waals surface area contributed by atoms with Crippen molar-refractivity contribution in [3.63, 3.8) is 0 Å². The molecule has 2 unspecified atom stereocenters. The molecule has 2 heterocycles. The van der Waals surface area contributed by atoms with Crippen LogP contribution in [0.3, 0.4) is 0 Å². The zero-order chi connectivity index (χ0) is 13.4. The third-order valence-corrected chi connectivity index (χ3v) is 3.98. The highest BCUT2D eigenvalue weighted by molar-refractivity contribution is 5.94. The molecule has 0 saturated carbocycles. The highest BCUT2D eigenvalue weighted by Crippen LogP contribution is 2.25. The van der Waals surface area contributed by atoms with Crippen LogP contribution in [0.1, 0.15) is 35.1 Å². The van der Waals surface area contributed by atoms with Gasteiger partial charge in [-0.1, -0.05) is 0 Å². The van der Waals surface area contributed by atoms with Gasteiger partial charge in [-0.25, -0.2) is 0 Å². The number of rotatable bonds is 2. The first kappa shape index (κ1) is 12.6. The van der Waals surface area contributed by atoms with Crippen LogP contribution in [0.2, 0.25) is 0 Å². The molecule has 3 rings (SSSR count). The van der Waals surface area contributed by atoms with Crippen molar-refractivity contribution in [2.45, 2.75) is 38.3 Å². The van der Waals surface area contributed by atoms with Crippen LogP contribution in [0, 0.1) is 0 Å². The Balaban J connectivity index is 1.82. The third kappa shape index (κ3) is 2.15. The molecule has 0 spiro atoms. The second kappa shape index (κ2) is 4.94. The lowest BCUT2D eigenvalue weighted by Crippen LogP contribution is -2.52. The monoisotopic (exact) mass is 265 g/mol. The van der Waals surface area contributed by atoms with Crippen LogP contribution in [0.25, 0.3) is 0 Å². The van der Waals surface area contributed by atoms with Gasteiger partial charge in [0.1, 0.15) is 0 Å². The van der Waals surface area contributed by atoms with E-state index in [0.717, 1.165) is 30.5 Å². The van der Waals surface area contributed by atoms with E-state index in [1.54, 1.807) is 4.90 Å². The molecule has 0 bridgehead atoms. The molecule has 2 N–H and O–H groups in total. The predicted octanol–water partition coefficient (Wildman–Crippen LogP) is 0.120. The van der Waals surface area contributed by atoms with Gasteiger partial charge in [-0.3, -0.25) is 9.89 Å². The summed E-state index contributed by atoms with van der Waals surface area (Å²) < 4.78 is 5.46. The van der Waals surface area contributed by atoms with Gasteiger partial charge in [0.2, 0.25) is 0 Å². The maximum Gasteiger partial charge on any atom is 0.275 e. The van der Waals surface area contributed by atoms with Crippen molar-refractivity contribution in [2.24, 2.45) is 0 Å². The molecule has 0 aromatic carbocycles. The Morgan fingerprint density at radius 1 is 1.58 bits per heavy atom. The molecule has 104 valence electrons. The van der Waals surface area contributed by atoms with Gasteiger partial charge >= 0.3 is 0 Å². The molecule has 2 atom stereocenters. The number of H-pyrrole nitrogens is 1. The first-order valence-corrected chi connectivity index (χ1v) is 6.80. The Kier molecular flexibility index (Phi) is 3.28. The van der Waals surface area contributed by atoms with Gasteiger partial charge in [0, 0.05) is 17.8 Å². The molecular formula is C13H19N3O3. The number of carbonyl (C=O) groups excluding carboxylic acids is 1. The normalized spacial score (nSPS) is 26.5. The van der Waals surface area contributed by atoms with Crippen LogP contribution >= 0.6 is 0 Å². The lowest BCUT2D eigenvalue weighted by molar-refractivity contribution is -0.0669. The fraction of sp³-hybridized carbons (Fsp3) is 0.692. The molecule has 6 nitrogen and oxygen atoms in total. The number of aliphatic hydroxyl groups excluding tert-OH is 1. The lowest BCUT2D eigenvalue weighted by Gasteiger charge is -2.37. The number of aryl methyl sites for hydroxylation is 1. The topological polar surface area (TPSA) is 78.5 Å². The Morgan fingerprint density at radius 3 is 3.21 bits per heavy atom. The SMILES string of the molecule is CC1COC(CO)CN1C(=O)c1n[nH]c2c1CCC2. The van der Waals surface area contributed by atoms with Crippen molar-refractivity contribution in [3.8, 4) is 0 Å². The van der Waals surface area contributed by atoms with E-state index in [9.17, 15) is 9.90 Å². The molecule has 1 aliphatic carbocycles. The average Bonchev–Trinajstić information content (AvgIpc) is 3.01. The number of fused-ring (bicyclic) bond motifs is 1. The zero-order valence-corrected chi connectivity index (χ0v) is 11.1. The Bertz CT molecular complexity index is 485. The van der Waals surface area contributed by atoms with Gasteiger partial charge < -0.3 is 14.7 Å². The number of nitrogens with one attached hydrogen (secondary N) is 1. The van der Waals surface area contributed by atoms with Crippen molar-refractivity contribution in [1.82, 2.24) is 15.1 Å². The number of amides is 1. The Labute approximate surface area is 111 Å². The number of nitrogens with zero attached hydrogens (tertiary/aromatic N) is 2. The largest absolute Gasteiger partial charge is 0.394 e. The van der Waals surface area contributed by atoms with Gasteiger partial charge in [0.05, 0.1) is 25.4 Å². The number of ether oxygens (including phenoxy) is 1. The summed E-state index contributed by atoms with van der Waals surface area (Å²) in [5.74, 6) is -0.0475. The van der Waals surface area contributed by atoms with Crippen molar-refractivity contribution < 1.29 is 14.6 Å². The number of hydrogen-bond donors (Lipinski definition) is 2. The van der Waals surface area contributed by atoms with Crippen molar-refractivity contribution in [3.05, 3.63) is 17.0 Å². The molecule has 1 aromatic rings. The fourth-order valence-corrected chi connectivity index (χ4v) is 2.84. The Morgan fingerprint density at radius 2 is 2.42 bits per heavy atom. The van der Waals surface area contributed by atoms with E-state index < -0.39 is 0 Å². The zero-order valence-electron chi connectivity index (χ0n) is 11.1. The third-order valence-electron chi connectivity index (χ3n) is 3.98. The minimum Gasteiger partial charge on any atom is -0.394 e. The van der Waals surface area contributed by atoms with E-state index in [2.05, 4.69) is 10.2 Å². The van der Waals surface area contributed by atoms with E-state index in [1.807, 2.05) is 6.92 Å². The maximum atomic E-state index is 12.6. The molecule has 2 aliphatic rings. The highest BCUT2D eigenvalue weighted by Gasteiger charge is 2.33. The number of hydrogen-bond acceptors (Lipinski definition) is 4. The second-order valence-corrected chi connectivity index (χ2v) is 5.33. The summed E-state index contributed by atoms with van der Waals surface area (Å²) in [5, 5.41) is 16.3. The fourth-order valence-electron chi connectivity index (χ4n) is 2.84. The van der Waals surface area contributed by atoms with Gasteiger partial charge in [0.25, 0.3) is 5.91 Å². The average molecular weight is 265 g/mol. The van der Waals surface area contributed by atoms with E-state index in [4.69, 9.17) is 4.74 Å². The van der Waals surface area contributed by atoms with Crippen molar-refractivity contribution >= 4 is 5.91 Å². The van der Waals surface area contributed by atoms with E-state index in [1.165, 1.54) is 0 Å². The number of aromatic amines is 1. The summed E-state index contributed by atoms with van der Waals surface area (Å²) in [5.41, 5.74) is 2.73. The molecule has 1 amide bonds. The minimum absolute atomic E-state index is 0.0176. The van der Waals surface area contributed by atoms with E-state index >= 15 is 0 Å². The van der Waals surface area contributed by atoms with E-state index in [-0.39, 0.29) is 24.7 Å². The summed E-state index contributed by atoms with van der Waals surface area (Å²) in [6.45, 7) is 2.79. The summed E-state index contributed by atoms with van der Waals surface area (Å²) in [4.78, 5) is 14.4. The number of morpholine rings is 1. The number of carbonyl (C=O) groups is 1. The quantitative estimate of drug-likeness (QED) is 0.796. The summed E-state index contributed by atoms with van der Waals surface area (Å²) in [6, 6.07) is 0.0176. The first-order chi connectivity index (χ1) is 9.20. The van der Waals surface area contributed by atoms with Crippen LogP contribution in [-0.4, -0.2) is 58.0 Å². The second-order valence-electron chi connectivity index (χ2n) is 5.33. The molecule has 19 heavy (non-hydrogen) atoms. The van der Waals surface area contributed by atoms with Gasteiger partial charge in [-0.2, -0.15) is 5.10 Å². The van der Waals surface area contributed by atoms with Crippen molar-refractivity contribution in [2.75, 3.05) is 19.8 Å². The molecule has 1 aromatic heterocycles. The van der Waals surface area contributed by atoms with Crippen LogP contribution in [0.15, 0.2) is 0 Å². The molecule has 1 saturated heterocycles. The van der Waals surface area contributed by atoms with Crippen LogP contribution in [-0.2, 0) is 17.6 Å². The minimum atomic E-state index is -0.285. The smallest absolute Gasteiger partial charge is 0.275 e. The van der Waals surface area contributed by atoms with Gasteiger partial charge in [-0.05, 0) is 26.2 Å². The molecule has 1 fully saturated rings. The number of aromatic nitrogens is 2. The van der Waals surface area contributed by atoms with E-state index in [0.29, 0.717) is 18.8 Å². The Hall–Kier alpha value is -1.40. The highest BCUT2D eigenvalue weighted by atomic mass is 16.5. The molecular weight excluding hydrogens is 246 g/mol. The van der Waals surface area contributed by atoms with Crippen LogP contribution in [0.4, 0.5) is 0 Å². The first-order valence-electron chi connectivity index (χ1n) is 6.80. The standard InChI is InChI=1S/C13H19N3O3/c1-8-7-19-9(6-17)5-16(8)13(18)12-10-3-2-4-11(10)14-15-12/h8-9,17H,2-7H2,1H3,(H,14,15). The summed E-state index contributed by atoms with van der Waals surface area (Å²) >= 11 is 0. The summed E-state index contributed by atoms with van der Waals surface area (Å²) in [6.07, 6.45) is 2.71. The predicted molar refractivity (Wildman–Crippen MR) is 67.9 cm³/mol. The lowest BCUT2D eigenvalue weighted by atomic mass is 10.1. The van der Waals surface area contributed by atoms with Crippen LogP contribution in [0.5, 0.6) is 0 Å². The molecule has 0 radical (unpaired) electrons. The summed E-state index contributed by atoms with van der Waals surface area (Å²) in [7, 11) is 0.